The molecule has 0 saturated carbocycles. The molecular weight excluding hydrogens is 320 g/mol. The first kappa shape index (κ1) is 16.3. The van der Waals surface area contributed by atoms with Gasteiger partial charge in [0, 0.05) is 36.4 Å². The van der Waals surface area contributed by atoms with Gasteiger partial charge in [0.25, 0.3) is 5.69 Å². The van der Waals surface area contributed by atoms with E-state index in [4.69, 9.17) is 5.26 Å². The number of nitrogens with one attached hydrogen (secondary N) is 1. The molecule has 0 atom stereocenters. The van der Waals surface area contributed by atoms with Crippen molar-refractivity contribution in [2.24, 2.45) is 4.99 Å². The lowest BCUT2D eigenvalue weighted by Crippen LogP contribution is -2.13. The summed E-state index contributed by atoms with van der Waals surface area (Å²) in [6.45, 7) is 0. The van der Waals surface area contributed by atoms with Crippen LogP contribution < -0.4 is 5.32 Å². The Morgan fingerprint density at radius 2 is 2.04 bits per heavy atom. The predicted octanol–water partition coefficient (Wildman–Crippen LogP) is 3.51. The van der Waals surface area contributed by atoms with Crippen molar-refractivity contribution in [3.8, 4) is 6.07 Å². The zero-order chi connectivity index (χ0) is 17.8. The maximum Gasteiger partial charge on any atom is 0.269 e. The molecule has 2 aromatic carbocycles. The van der Waals surface area contributed by atoms with Gasteiger partial charge in [0.05, 0.1) is 22.2 Å². The molecule has 0 aromatic heterocycles. The van der Waals surface area contributed by atoms with Crippen molar-refractivity contribution in [1.29, 1.82) is 5.26 Å². The number of carbonyl (C=O) groups is 1. The van der Waals surface area contributed by atoms with E-state index < -0.39 is 4.92 Å². The van der Waals surface area contributed by atoms with Gasteiger partial charge in [-0.1, -0.05) is 0 Å². The van der Waals surface area contributed by atoms with Crippen LogP contribution in [0.3, 0.4) is 0 Å². The van der Waals surface area contributed by atoms with Crippen LogP contribution >= 0.6 is 0 Å². The third kappa shape index (κ3) is 3.87. The van der Waals surface area contributed by atoms with Gasteiger partial charge in [-0.05, 0) is 42.3 Å². The van der Waals surface area contributed by atoms with Crippen LogP contribution in [0.2, 0.25) is 0 Å². The Bertz CT molecular complexity index is 911. The highest BCUT2D eigenvalue weighted by Crippen LogP contribution is 2.31. The predicted molar refractivity (Wildman–Crippen MR) is 92.9 cm³/mol. The van der Waals surface area contributed by atoms with E-state index in [9.17, 15) is 14.9 Å². The van der Waals surface area contributed by atoms with Gasteiger partial charge in [-0.2, -0.15) is 5.26 Å². The van der Waals surface area contributed by atoms with Gasteiger partial charge in [-0.25, -0.2) is 0 Å². The highest BCUT2D eigenvalue weighted by Gasteiger charge is 2.18. The standard InChI is InChI=1S/C18H14N4O3/c19-11-12-1-3-14(4-2-12)21-18(23)8-5-15-9-13-10-16(22(24)25)6-7-17(13)20-15/h1-4,6-7,10H,5,8-9H2,(H,21,23). The first-order valence-corrected chi connectivity index (χ1v) is 7.69. The topological polar surface area (TPSA) is 108 Å². The molecule has 3 rings (SSSR count). The molecule has 25 heavy (non-hydrogen) atoms. The van der Waals surface area contributed by atoms with Crippen molar-refractivity contribution in [2.45, 2.75) is 19.3 Å². The number of nitro benzene ring substituents is 1. The number of hydrogen-bond donors (Lipinski definition) is 1. The average Bonchev–Trinajstić information content (AvgIpc) is 3.02. The molecule has 0 radical (unpaired) electrons. The fourth-order valence-electron chi connectivity index (χ4n) is 2.62. The van der Waals surface area contributed by atoms with Crippen molar-refractivity contribution in [1.82, 2.24) is 0 Å². The van der Waals surface area contributed by atoms with Crippen molar-refractivity contribution in [3.63, 3.8) is 0 Å². The summed E-state index contributed by atoms with van der Waals surface area (Å²) in [5.41, 5.74) is 3.60. The summed E-state index contributed by atoms with van der Waals surface area (Å²) in [4.78, 5) is 26.8. The summed E-state index contributed by atoms with van der Waals surface area (Å²) in [6, 6.07) is 13.3. The Labute approximate surface area is 143 Å². The Balaban J connectivity index is 1.54. The number of hydrogen-bond acceptors (Lipinski definition) is 5. The number of rotatable bonds is 5. The third-order valence-electron chi connectivity index (χ3n) is 3.89. The molecular formula is C18H14N4O3. The quantitative estimate of drug-likeness (QED) is 0.666. The molecule has 1 aliphatic rings. The SMILES string of the molecule is N#Cc1ccc(NC(=O)CCC2=Nc3ccc([N+](=O)[O-])cc3C2)cc1. The average molecular weight is 334 g/mol. The first-order chi connectivity index (χ1) is 12.0. The van der Waals surface area contributed by atoms with E-state index in [2.05, 4.69) is 10.3 Å². The summed E-state index contributed by atoms with van der Waals surface area (Å²) in [5, 5.41) is 22.3. The smallest absolute Gasteiger partial charge is 0.269 e. The summed E-state index contributed by atoms with van der Waals surface area (Å²) < 4.78 is 0. The highest BCUT2D eigenvalue weighted by molar-refractivity contribution is 5.98. The molecule has 0 saturated heterocycles. The molecule has 0 fully saturated rings. The highest BCUT2D eigenvalue weighted by atomic mass is 16.6. The molecule has 1 aliphatic heterocycles. The Morgan fingerprint density at radius 3 is 2.72 bits per heavy atom. The molecule has 2 aromatic rings. The van der Waals surface area contributed by atoms with Crippen molar-refractivity contribution in [3.05, 3.63) is 63.7 Å². The van der Waals surface area contributed by atoms with Crippen LogP contribution in [0.25, 0.3) is 0 Å². The number of carbonyl (C=O) groups excluding carboxylic acids is 1. The van der Waals surface area contributed by atoms with Crippen LogP contribution in [-0.2, 0) is 11.2 Å². The van der Waals surface area contributed by atoms with E-state index in [0.717, 1.165) is 17.0 Å². The number of anilines is 1. The normalized spacial score (nSPS) is 12.0. The second kappa shape index (κ2) is 6.93. The minimum absolute atomic E-state index is 0.0498. The summed E-state index contributed by atoms with van der Waals surface area (Å²) in [5.74, 6) is -0.144. The lowest BCUT2D eigenvalue weighted by Gasteiger charge is -2.05. The van der Waals surface area contributed by atoms with Gasteiger partial charge < -0.3 is 5.32 Å². The van der Waals surface area contributed by atoms with E-state index >= 15 is 0 Å². The lowest BCUT2D eigenvalue weighted by atomic mass is 10.1. The minimum atomic E-state index is -0.427. The van der Waals surface area contributed by atoms with Crippen LogP contribution in [0, 0.1) is 21.4 Å². The van der Waals surface area contributed by atoms with Crippen molar-refractivity contribution < 1.29 is 9.72 Å². The number of nitriles is 1. The molecule has 124 valence electrons. The second-order valence-electron chi connectivity index (χ2n) is 5.66. The zero-order valence-corrected chi connectivity index (χ0v) is 13.2. The van der Waals surface area contributed by atoms with Crippen molar-refractivity contribution >= 4 is 28.7 Å². The fourth-order valence-corrected chi connectivity index (χ4v) is 2.62. The largest absolute Gasteiger partial charge is 0.326 e. The van der Waals surface area contributed by atoms with Gasteiger partial charge >= 0.3 is 0 Å². The van der Waals surface area contributed by atoms with Gasteiger partial charge in [-0.3, -0.25) is 19.9 Å². The number of fused-ring (bicyclic) bond motifs is 1. The number of amides is 1. The molecule has 0 bridgehead atoms. The molecule has 7 nitrogen and oxygen atoms in total. The van der Waals surface area contributed by atoms with E-state index in [1.807, 2.05) is 6.07 Å². The fraction of sp³-hybridized carbons (Fsp3) is 0.167. The van der Waals surface area contributed by atoms with Crippen LogP contribution in [0.1, 0.15) is 24.0 Å². The Morgan fingerprint density at radius 1 is 1.28 bits per heavy atom. The number of benzene rings is 2. The Kier molecular flexibility index (Phi) is 4.53. The molecule has 1 N–H and O–H groups in total. The summed E-state index contributed by atoms with van der Waals surface area (Å²) in [6.07, 6.45) is 1.29. The monoisotopic (exact) mass is 334 g/mol. The maximum absolute atomic E-state index is 12.0. The first-order valence-electron chi connectivity index (χ1n) is 7.69. The van der Waals surface area contributed by atoms with Crippen LogP contribution in [0.15, 0.2) is 47.5 Å². The molecule has 1 heterocycles. The van der Waals surface area contributed by atoms with E-state index in [1.165, 1.54) is 12.1 Å². The molecule has 1 amide bonds. The van der Waals surface area contributed by atoms with Gasteiger partial charge in [0.15, 0.2) is 0 Å². The van der Waals surface area contributed by atoms with Gasteiger partial charge in [0.1, 0.15) is 0 Å². The number of non-ortho nitro benzene ring substituents is 1. The lowest BCUT2D eigenvalue weighted by molar-refractivity contribution is -0.384. The number of aliphatic imine (C=N–C) groups is 1. The summed E-state index contributed by atoms with van der Waals surface area (Å²) in [7, 11) is 0. The number of nitrogens with zero attached hydrogens (tertiary/aromatic N) is 3. The molecule has 7 heteroatoms. The second-order valence-corrected chi connectivity index (χ2v) is 5.66. The van der Waals surface area contributed by atoms with Gasteiger partial charge in [-0.15, -0.1) is 0 Å². The zero-order valence-electron chi connectivity index (χ0n) is 13.2. The maximum atomic E-state index is 12.0. The minimum Gasteiger partial charge on any atom is -0.326 e. The van der Waals surface area contributed by atoms with E-state index in [-0.39, 0.29) is 18.0 Å². The molecule has 0 unspecified atom stereocenters. The molecule has 0 spiro atoms. The van der Waals surface area contributed by atoms with Crippen LogP contribution in [0.4, 0.5) is 17.1 Å². The number of nitro groups is 1. The van der Waals surface area contributed by atoms with Crippen LogP contribution in [0.5, 0.6) is 0 Å². The van der Waals surface area contributed by atoms with Gasteiger partial charge in [0.2, 0.25) is 5.91 Å². The van der Waals surface area contributed by atoms with Crippen molar-refractivity contribution in [2.75, 3.05) is 5.32 Å². The summed E-state index contributed by atoms with van der Waals surface area (Å²) >= 11 is 0. The third-order valence-corrected chi connectivity index (χ3v) is 3.89. The van der Waals surface area contributed by atoms with Crippen LogP contribution in [-0.4, -0.2) is 16.5 Å². The van der Waals surface area contributed by atoms with E-state index in [0.29, 0.717) is 24.1 Å². The molecule has 0 aliphatic carbocycles. The van der Waals surface area contributed by atoms with E-state index in [1.54, 1.807) is 30.3 Å². The Hall–Kier alpha value is -3.53.